The first-order chi connectivity index (χ1) is 7.69. The molecule has 0 heterocycles. The molecule has 2 nitrogen and oxygen atoms in total. The second kappa shape index (κ2) is 5.19. The van der Waals surface area contributed by atoms with Crippen molar-refractivity contribution in [3.63, 3.8) is 0 Å². The summed E-state index contributed by atoms with van der Waals surface area (Å²) in [6.45, 7) is 2.92. The molecule has 3 heteroatoms. The average Bonchev–Trinajstić information content (AvgIpc) is 2.67. The number of benzene rings is 1. The molecule has 88 valence electrons. The molecule has 0 bridgehead atoms. The Balaban J connectivity index is 2.04. The highest BCUT2D eigenvalue weighted by molar-refractivity contribution is 9.10. The molecular weight excluding hydrogens is 264 g/mol. The lowest BCUT2D eigenvalue weighted by molar-refractivity contribution is 0.602. The van der Waals surface area contributed by atoms with Gasteiger partial charge in [-0.1, -0.05) is 13.0 Å². The minimum Gasteiger partial charge on any atom is -0.381 e. The van der Waals surface area contributed by atoms with Crippen molar-refractivity contribution in [3.8, 4) is 0 Å². The molecule has 0 radical (unpaired) electrons. The number of hydrogen-bond donors (Lipinski definition) is 2. The smallest absolute Gasteiger partial charge is 0.0486 e. The van der Waals surface area contributed by atoms with Gasteiger partial charge < -0.3 is 11.1 Å². The van der Waals surface area contributed by atoms with Gasteiger partial charge in [-0.25, -0.2) is 0 Å². The van der Waals surface area contributed by atoms with Crippen LogP contribution in [0.3, 0.4) is 0 Å². The molecule has 1 aromatic carbocycles. The Morgan fingerprint density at radius 1 is 1.44 bits per heavy atom. The highest BCUT2D eigenvalue weighted by Gasteiger charge is 2.21. The number of halogens is 1. The van der Waals surface area contributed by atoms with Crippen LogP contribution in [0.1, 0.15) is 31.7 Å². The molecule has 1 aliphatic rings. The van der Waals surface area contributed by atoms with E-state index in [0.717, 1.165) is 16.0 Å². The molecule has 2 rings (SSSR count). The van der Waals surface area contributed by atoms with Crippen molar-refractivity contribution in [1.29, 1.82) is 0 Å². The Bertz CT molecular complexity index is 365. The molecule has 1 aromatic rings. The maximum atomic E-state index is 5.61. The summed E-state index contributed by atoms with van der Waals surface area (Å²) in [7, 11) is 0. The van der Waals surface area contributed by atoms with E-state index in [4.69, 9.17) is 5.73 Å². The van der Waals surface area contributed by atoms with E-state index in [0.29, 0.717) is 12.6 Å². The van der Waals surface area contributed by atoms with Gasteiger partial charge in [0.25, 0.3) is 0 Å². The van der Waals surface area contributed by atoms with Crippen LogP contribution >= 0.6 is 15.9 Å². The number of rotatable bonds is 3. The molecule has 0 aliphatic heterocycles. The highest BCUT2D eigenvalue weighted by atomic mass is 79.9. The number of nitrogens with one attached hydrogen (secondary N) is 1. The average molecular weight is 283 g/mol. The number of hydrogen-bond acceptors (Lipinski definition) is 2. The lowest BCUT2D eigenvalue weighted by atomic mass is 10.1. The van der Waals surface area contributed by atoms with E-state index >= 15 is 0 Å². The van der Waals surface area contributed by atoms with Gasteiger partial charge in [0.2, 0.25) is 0 Å². The number of nitrogens with two attached hydrogens (primary N) is 1. The van der Waals surface area contributed by atoms with Gasteiger partial charge in [0.05, 0.1) is 0 Å². The zero-order valence-electron chi connectivity index (χ0n) is 9.67. The summed E-state index contributed by atoms with van der Waals surface area (Å²) < 4.78 is 1.12. The van der Waals surface area contributed by atoms with E-state index in [1.165, 1.54) is 24.9 Å². The lowest BCUT2D eigenvalue weighted by Crippen LogP contribution is -2.15. The third-order valence-electron chi connectivity index (χ3n) is 3.32. The minimum atomic E-state index is 0.597. The van der Waals surface area contributed by atoms with E-state index < -0.39 is 0 Å². The molecule has 0 saturated heterocycles. The van der Waals surface area contributed by atoms with Gasteiger partial charge in [0.1, 0.15) is 0 Å². The summed E-state index contributed by atoms with van der Waals surface area (Å²) in [4.78, 5) is 0. The summed E-state index contributed by atoms with van der Waals surface area (Å²) >= 11 is 3.59. The van der Waals surface area contributed by atoms with Gasteiger partial charge in [-0.3, -0.25) is 0 Å². The van der Waals surface area contributed by atoms with E-state index in [9.17, 15) is 0 Å². The fourth-order valence-corrected chi connectivity index (χ4v) is 2.90. The van der Waals surface area contributed by atoms with Crippen molar-refractivity contribution in [2.75, 3.05) is 5.32 Å². The van der Waals surface area contributed by atoms with Crippen LogP contribution in [-0.2, 0) is 6.54 Å². The van der Waals surface area contributed by atoms with Crippen molar-refractivity contribution in [1.82, 2.24) is 0 Å². The fourth-order valence-electron chi connectivity index (χ4n) is 2.36. The first kappa shape index (κ1) is 11.9. The topological polar surface area (TPSA) is 38.0 Å². The van der Waals surface area contributed by atoms with Crippen molar-refractivity contribution in [3.05, 3.63) is 28.2 Å². The predicted molar refractivity (Wildman–Crippen MR) is 72.5 cm³/mol. The molecule has 0 aromatic heterocycles. The Labute approximate surface area is 106 Å². The third-order valence-corrected chi connectivity index (χ3v) is 3.98. The molecule has 1 fully saturated rings. The quantitative estimate of drug-likeness (QED) is 0.891. The Kier molecular flexibility index (Phi) is 3.87. The first-order valence-electron chi connectivity index (χ1n) is 5.94. The van der Waals surface area contributed by atoms with Gasteiger partial charge in [-0.05, 0) is 58.8 Å². The normalized spacial score (nSPS) is 24.7. The zero-order valence-corrected chi connectivity index (χ0v) is 11.3. The van der Waals surface area contributed by atoms with Crippen LogP contribution in [0, 0.1) is 5.92 Å². The van der Waals surface area contributed by atoms with Gasteiger partial charge in [-0.2, -0.15) is 0 Å². The number of anilines is 1. The summed E-state index contributed by atoms with van der Waals surface area (Å²) in [5, 5.41) is 3.60. The molecular formula is C13H19BrN2. The largest absolute Gasteiger partial charge is 0.381 e. The SMILES string of the molecule is CC1CCC(Nc2ccc(CN)cc2Br)C1. The Morgan fingerprint density at radius 2 is 2.25 bits per heavy atom. The van der Waals surface area contributed by atoms with Gasteiger partial charge in [-0.15, -0.1) is 0 Å². The standard InChI is InChI=1S/C13H19BrN2/c1-9-2-4-11(6-9)16-13-5-3-10(8-15)7-12(13)14/h3,5,7,9,11,16H,2,4,6,8,15H2,1H3. The molecule has 0 amide bonds. The van der Waals surface area contributed by atoms with Crippen molar-refractivity contribution in [2.45, 2.75) is 38.8 Å². The summed E-state index contributed by atoms with van der Waals surface area (Å²) in [6, 6.07) is 6.94. The maximum absolute atomic E-state index is 5.61. The molecule has 16 heavy (non-hydrogen) atoms. The summed E-state index contributed by atoms with van der Waals surface area (Å²) in [5.41, 5.74) is 7.96. The van der Waals surface area contributed by atoms with Crippen LogP contribution in [0.15, 0.2) is 22.7 Å². The lowest BCUT2D eigenvalue weighted by Gasteiger charge is -2.16. The molecule has 1 aliphatic carbocycles. The Hall–Kier alpha value is -0.540. The van der Waals surface area contributed by atoms with Crippen molar-refractivity contribution >= 4 is 21.6 Å². The second-order valence-electron chi connectivity index (χ2n) is 4.78. The van der Waals surface area contributed by atoms with E-state index in [1.54, 1.807) is 0 Å². The summed E-state index contributed by atoms with van der Waals surface area (Å²) in [5.74, 6) is 0.861. The second-order valence-corrected chi connectivity index (χ2v) is 5.63. The highest BCUT2D eigenvalue weighted by Crippen LogP contribution is 2.30. The van der Waals surface area contributed by atoms with E-state index in [1.807, 2.05) is 0 Å². The van der Waals surface area contributed by atoms with Crippen molar-refractivity contribution < 1.29 is 0 Å². The van der Waals surface area contributed by atoms with Crippen molar-refractivity contribution in [2.24, 2.45) is 11.7 Å². The monoisotopic (exact) mass is 282 g/mol. The summed E-state index contributed by atoms with van der Waals surface area (Å²) in [6.07, 6.45) is 3.91. The predicted octanol–water partition coefficient (Wildman–Crippen LogP) is 3.51. The molecule has 2 atom stereocenters. The van der Waals surface area contributed by atoms with Crippen LogP contribution < -0.4 is 11.1 Å². The fraction of sp³-hybridized carbons (Fsp3) is 0.538. The van der Waals surface area contributed by atoms with Gasteiger partial charge in [0.15, 0.2) is 0 Å². The Morgan fingerprint density at radius 3 is 2.81 bits per heavy atom. The molecule has 0 spiro atoms. The van der Waals surface area contributed by atoms with Crippen LogP contribution in [0.4, 0.5) is 5.69 Å². The zero-order chi connectivity index (χ0) is 11.5. The van der Waals surface area contributed by atoms with E-state index in [2.05, 4.69) is 46.4 Å². The van der Waals surface area contributed by atoms with Gasteiger partial charge >= 0.3 is 0 Å². The van der Waals surface area contributed by atoms with Crippen LogP contribution in [-0.4, -0.2) is 6.04 Å². The first-order valence-corrected chi connectivity index (χ1v) is 6.73. The molecule has 1 saturated carbocycles. The molecule has 2 unspecified atom stereocenters. The third kappa shape index (κ3) is 2.77. The molecule has 3 N–H and O–H groups in total. The van der Waals surface area contributed by atoms with Crippen LogP contribution in [0.25, 0.3) is 0 Å². The maximum Gasteiger partial charge on any atom is 0.0486 e. The van der Waals surface area contributed by atoms with Crippen LogP contribution in [0.2, 0.25) is 0 Å². The minimum absolute atomic E-state index is 0.597. The van der Waals surface area contributed by atoms with Gasteiger partial charge in [0, 0.05) is 22.7 Å². The van der Waals surface area contributed by atoms with E-state index in [-0.39, 0.29) is 0 Å². The van der Waals surface area contributed by atoms with Crippen LogP contribution in [0.5, 0.6) is 0 Å².